The first-order valence-electron chi connectivity index (χ1n) is 4.84. The number of allylic oxidation sites excluding steroid dienone is 3. The molecule has 0 spiro atoms. The smallest absolute Gasteiger partial charge is 0.127 e. The minimum atomic E-state index is -0.299. The molecule has 0 saturated heterocycles. The molecule has 0 atom stereocenters. The van der Waals surface area contributed by atoms with Gasteiger partial charge in [0.05, 0.1) is 0 Å². The monoisotopic (exact) mass is 219 g/mol. The summed E-state index contributed by atoms with van der Waals surface area (Å²) in [5.41, 5.74) is 6.19. The molecule has 0 aromatic heterocycles. The molecule has 84 valence electrons. The molecule has 1 aromatic rings. The number of ether oxygens (including phenoxy) is 1. The molecule has 2 nitrogen and oxygen atoms in total. The predicted molar refractivity (Wildman–Crippen MR) is 63.3 cm³/mol. The molecular formula is C13H14FNO. The van der Waals surface area contributed by atoms with Crippen LogP contribution in [0.1, 0.15) is 6.92 Å². The van der Waals surface area contributed by atoms with Crippen molar-refractivity contribution in [3.8, 4) is 5.75 Å². The lowest BCUT2D eigenvalue weighted by Gasteiger charge is -2.04. The zero-order valence-corrected chi connectivity index (χ0v) is 9.11. The van der Waals surface area contributed by atoms with Crippen molar-refractivity contribution in [2.45, 2.75) is 6.92 Å². The Kier molecular flexibility index (Phi) is 4.33. The number of nitrogens with two attached hydrogens (primary N) is 1. The molecule has 0 heterocycles. The van der Waals surface area contributed by atoms with Gasteiger partial charge in [-0.1, -0.05) is 12.7 Å². The van der Waals surface area contributed by atoms with E-state index in [1.807, 2.05) is 6.92 Å². The van der Waals surface area contributed by atoms with Crippen molar-refractivity contribution < 1.29 is 9.13 Å². The van der Waals surface area contributed by atoms with Gasteiger partial charge in [-0.15, -0.1) is 0 Å². The van der Waals surface area contributed by atoms with E-state index in [0.717, 1.165) is 0 Å². The molecule has 0 aliphatic heterocycles. The Labute approximate surface area is 94.5 Å². The van der Waals surface area contributed by atoms with Gasteiger partial charge in [0.1, 0.15) is 17.3 Å². The molecule has 0 fully saturated rings. The van der Waals surface area contributed by atoms with Gasteiger partial charge in [0.25, 0.3) is 0 Å². The molecule has 16 heavy (non-hydrogen) atoms. The third-order valence-electron chi connectivity index (χ3n) is 1.86. The topological polar surface area (TPSA) is 35.2 Å². The van der Waals surface area contributed by atoms with E-state index in [1.54, 1.807) is 18.2 Å². The largest absolute Gasteiger partial charge is 0.458 e. The summed E-state index contributed by atoms with van der Waals surface area (Å²) < 4.78 is 17.9. The predicted octanol–water partition coefficient (Wildman–Crippen LogP) is 3.14. The fourth-order valence-corrected chi connectivity index (χ4v) is 0.973. The van der Waals surface area contributed by atoms with E-state index < -0.39 is 0 Å². The number of halogens is 1. The van der Waals surface area contributed by atoms with Crippen LogP contribution in [-0.2, 0) is 0 Å². The summed E-state index contributed by atoms with van der Waals surface area (Å²) in [6.45, 7) is 5.53. The Bertz CT molecular complexity index is 418. The second kappa shape index (κ2) is 5.75. The summed E-state index contributed by atoms with van der Waals surface area (Å²) >= 11 is 0. The highest BCUT2D eigenvalue weighted by atomic mass is 19.1. The van der Waals surface area contributed by atoms with Crippen LogP contribution in [-0.4, -0.2) is 0 Å². The Balaban J connectivity index is 2.58. The number of rotatable bonds is 4. The van der Waals surface area contributed by atoms with Gasteiger partial charge in [0, 0.05) is 5.70 Å². The number of benzene rings is 1. The van der Waals surface area contributed by atoms with Gasteiger partial charge >= 0.3 is 0 Å². The summed E-state index contributed by atoms with van der Waals surface area (Å²) in [5.74, 6) is 0.679. The third-order valence-corrected chi connectivity index (χ3v) is 1.86. The maximum absolute atomic E-state index is 12.6. The molecule has 0 radical (unpaired) electrons. The standard InChI is InChI=1S/C13H14FNO/c1-3-12(15)7-4-10(2)16-13-8-5-11(14)6-9-13/h3-9H,2,15H2,1H3/b7-4-,12-3+. The zero-order valence-electron chi connectivity index (χ0n) is 9.11. The van der Waals surface area contributed by atoms with Crippen LogP contribution in [0.5, 0.6) is 5.75 Å². The highest BCUT2D eigenvalue weighted by molar-refractivity contribution is 5.28. The summed E-state index contributed by atoms with van der Waals surface area (Å²) in [6.07, 6.45) is 5.10. The van der Waals surface area contributed by atoms with Gasteiger partial charge in [0.2, 0.25) is 0 Å². The van der Waals surface area contributed by atoms with Crippen LogP contribution in [0.2, 0.25) is 0 Å². The van der Waals surface area contributed by atoms with Crippen molar-refractivity contribution in [3.63, 3.8) is 0 Å². The van der Waals surface area contributed by atoms with Crippen LogP contribution in [0.3, 0.4) is 0 Å². The second-order valence-corrected chi connectivity index (χ2v) is 3.14. The van der Waals surface area contributed by atoms with Crippen LogP contribution < -0.4 is 10.5 Å². The van der Waals surface area contributed by atoms with Crippen molar-refractivity contribution in [1.29, 1.82) is 0 Å². The highest BCUT2D eigenvalue weighted by Crippen LogP contribution is 2.14. The van der Waals surface area contributed by atoms with Crippen LogP contribution in [0.15, 0.2) is 60.5 Å². The third kappa shape index (κ3) is 4.00. The molecule has 0 aliphatic carbocycles. The molecule has 0 aliphatic rings. The quantitative estimate of drug-likeness (QED) is 0.623. The van der Waals surface area contributed by atoms with Crippen molar-refractivity contribution in [2.24, 2.45) is 5.73 Å². The first-order chi connectivity index (χ1) is 7.61. The maximum atomic E-state index is 12.6. The van der Waals surface area contributed by atoms with Crippen molar-refractivity contribution in [1.82, 2.24) is 0 Å². The minimum absolute atomic E-state index is 0.299. The van der Waals surface area contributed by atoms with Crippen molar-refractivity contribution >= 4 is 0 Å². The van der Waals surface area contributed by atoms with Crippen molar-refractivity contribution in [2.75, 3.05) is 0 Å². The van der Waals surface area contributed by atoms with Gasteiger partial charge in [-0.2, -0.15) is 0 Å². The number of hydrogen-bond acceptors (Lipinski definition) is 2. The zero-order chi connectivity index (χ0) is 12.0. The molecule has 2 N–H and O–H groups in total. The average molecular weight is 219 g/mol. The maximum Gasteiger partial charge on any atom is 0.127 e. The van der Waals surface area contributed by atoms with Gasteiger partial charge in [-0.05, 0) is 43.3 Å². The summed E-state index contributed by atoms with van der Waals surface area (Å²) in [4.78, 5) is 0. The SMILES string of the molecule is C=C(/C=C\C(N)=C/C)Oc1ccc(F)cc1. The Morgan fingerprint density at radius 2 is 1.94 bits per heavy atom. The molecule has 0 bridgehead atoms. The fourth-order valence-electron chi connectivity index (χ4n) is 0.973. The molecule has 0 amide bonds. The first-order valence-corrected chi connectivity index (χ1v) is 4.84. The molecule has 3 heteroatoms. The Morgan fingerprint density at radius 1 is 1.31 bits per heavy atom. The lowest BCUT2D eigenvalue weighted by atomic mass is 10.3. The Hall–Kier alpha value is -2.03. The van der Waals surface area contributed by atoms with Gasteiger partial charge in [0.15, 0.2) is 0 Å². The van der Waals surface area contributed by atoms with E-state index in [4.69, 9.17) is 10.5 Å². The van der Waals surface area contributed by atoms with Gasteiger partial charge in [-0.25, -0.2) is 4.39 Å². The molecule has 1 aromatic carbocycles. The number of hydrogen-bond donors (Lipinski definition) is 1. The summed E-state index contributed by atoms with van der Waals surface area (Å²) in [6, 6.07) is 5.72. The first kappa shape index (κ1) is 12.0. The summed E-state index contributed by atoms with van der Waals surface area (Å²) in [5, 5.41) is 0. The van der Waals surface area contributed by atoms with E-state index in [9.17, 15) is 4.39 Å². The van der Waals surface area contributed by atoms with E-state index in [0.29, 0.717) is 17.2 Å². The van der Waals surface area contributed by atoms with Crippen LogP contribution >= 0.6 is 0 Å². The molecule has 1 rings (SSSR count). The van der Waals surface area contributed by atoms with Gasteiger partial charge in [-0.3, -0.25) is 0 Å². The second-order valence-electron chi connectivity index (χ2n) is 3.14. The van der Waals surface area contributed by atoms with E-state index in [2.05, 4.69) is 6.58 Å². The summed E-state index contributed by atoms with van der Waals surface area (Å²) in [7, 11) is 0. The van der Waals surface area contributed by atoms with Crippen LogP contribution in [0.25, 0.3) is 0 Å². The van der Waals surface area contributed by atoms with Crippen molar-refractivity contribution in [3.05, 3.63) is 66.3 Å². The Morgan fingerprint density at radius 3 is 2.50 bits per heavy atom. The highest BCUT2D eigenvalue weighted by Gasteiger charge is 1.95. The molecule has 0 unspecified atom stereocenters. The fraction of sp³-hybridized carbons (Fsp3) is 0.0769. The normalized spacial score (nSPS) is 11.8. The molecule has 0 saturated carbocycles. The van der Waals surface area contributed by atoms with Crippen LogP contribution in [0.4, 0.5) is 4.39 Å². The van der Waals surface area contributed by atoms with Crippen LogP contribution in [0, 0.1) is 5.82 Å². The van der Waals surface area contributed by atoms with Gasteiger partial charge < -0.3 is 10.5 Å². The average Bonchev–Trinajstić information content (AvgIpc) is 2.29. The lowest BCUT2D eigenvalue weighted by Crippen LogP contribution is -1.94. The van der Waals surface area contributed by atoms with E-state index in [-0.39, 0.29) is 5.82 Å². The lowest BCUT2D eigenvalue weighted by molar-refractivity contribution is 0.445. The van der Waals surface area contributed by atoms with E-state index >= 15 is 0 Å². The van der Waals surface area contributed by atoms with E-state index in [1.165, 1.54) is 24.3 Å². The molecular weight excluding hydrogens is 205 g/mol. The minimum Gasteiger partial charge on any atom is -0.458 e.